The summed E-state index contributed by atoms with van der Waals surface area (Å²) in [5.41, 5.74) is 5.65. The summed E-state index contributed by atoms with van der Waals surface area (Å²) in [6, 6.07) is 6.91. The highest BCUT2D eigenvalue weighted by molar-refractivity contribution is 5.90. The van der Waals surface area contributed by atoms with Crippen LogP contribution in [0, 0.1) is 0 Å². The molecule has 1 aliphatic rings. The average molecular weight is 426 g/mol. The van der Waals surface area contributed by atoms with E-state index in [4.69, 9.17) is 10.5 Å². The zero-order valence-electron chi connectivity index (χ0n) is 17.2. The second-order valence-corrected chi connectivity index (χ2v) is 7.21. The van der Waals surface area contributed by atoms with E-state index in [1.165, 1.54) is 11.6 Å². The van der Waals surface area contributed by atoms with Gasteiger partial charge >= 0.3 is 11.7 Å². The lowest BCUT2D eigenvalue weighted by atomic mass is 10.2. The van der Waals surface area contributed by atoms with E-state index in [1.54, 1.807) is 35.8 Å². The van der Waals surface area contributed by atoms with Crippen molar-refractivity contribution in [2.75, 3.05) is 18.1 Å². The van der Waals surface area contributed by atoms with Crippen molar-refractivity contribution in [3.63, 3.8) is 0 Å². The Bertz CT molecular complexity index is 1300. The Labute approximate surface area is 176 Å². The number of amides is 1. The molecule has 0 bridgehead atoms. The molecule has 0 fully saturated rings. The fourth-order valence-corrected chi connectivity index (χ4v) is 3.80. The molecule has 0 unspecified atom stereocenters. The fraction of sp³-hybridized carbons (Fsp3) is 0.350. The Morgan fingerprint density at radius 3 is 2.52 bits per heavy atom. The summed E-state index contributed by atoms with van der Waals surface area (Å²) in [4.78, 5) is 55.3. The van der Waals surface area contributed by atoms with Crippen LogP contribution in [0.2, 0.25) is 0 Å². The van der Waals surface area contributed by atoms with E-state index >= 15 is 0 Å². The van der Waals surface area contributed by atoms with E-state index in [0.717, 1.165) is 16.7 Å². The van der Waals surface area contributed by atoms with Gasteiger partial charge in [-0.15, -0.1) is 0 Å². The molecule has 1 amide bonds. The Morgan fingerprint density at radius 2 is 1.87 bits per heavy atom. The van der Waals surface area contributed by atoms with Crippen LogP contribution >= 0.6 is 0 Å². The number of hydrogen-bond acceptors (Lipinski definition) is 7. The van der Waals surface area contributed by atoms with Gasteiger partial charge in [0, 0.05) is 25.8 Å². The van der Waals surface area contributed by atoms with Crippen molar-refractivity contribution in [3.05, 3.63) is 50.7 Å². The van der Waals surface area contributed by atoms with Crippen molar-refractivity contribution in [2.24, 2.45) is 12.8 Å². The monoisotopic (exact) mass is 426 g/mol. The van der Waals surface area contributed by atoms with Crippen LogP contribution in [0.3, 0.4) is 0 Å². The average Bonchev–Trinajstić information content (AvgIpc) is 3.15. The molecule has 162 valence electrons. The minimum Gasteiger partial charge on any atom is -0.462 e. The molecule has 1 aliphatic heterocycles. The minimum atomic E-state index is -0.778. The molecule has 1 aromatic carbocycles. The van der Waals surface area contributed by atoms with Gasteiger partial charge in [0.15, 0.2) is 11.2 Å². The van der Waals surface area contributed by atoms with Gasteiger partial charge in [-0.05, 0) is 37.6 Å². The third-order valence-corrected chi connectivity index (χ3v) is 5.22. The van der Waals surface area contributed by atoms with Crippen LogP contribution in [0.4, 0.5) is 11.6 Å². The number of carbonyl (C=O) groups excluding carboxylic acids is 2. The number of imidazole rings is 1. The van der Waals surface area contributed by atoms with E-state index < -0.39 is 29.7 Å². The van der Waals surface area contributed by atoms with Gasteiger partial charge in [0.05, 0.1) is 12.2 Å². The summed E-state index contributed by atoms with van der Waals surface area (Å²) in [6.45, 7) is 2.72. The summed E-state index contributed by atoms with van der Waals surface area (Å²) in [5.74, 6) is -0.667. The molecule has 0 aliphatic carbocycles. The molecule has 0 saturated carbocycles. The highest BCUT2D eigenvalue weighted by Gasteiger charge is 2.27. The van der Waals surface area contributed by atoms with Gasteiger partial charge in [0.1, 0.15) is 6.54 Å². The van der Waals surface area contributed by atoms with E-state index in [1.807, 2.05) is 4.90 Å². The van der Waals surface area contributed by atoms with Crippen molar-refractivity contribution >= 4 is 34.7 Å². The molecule has 11 nitrogen and oxygen atoms in total. The zero-order chi connectivity index (χ0) is 22.3. The molecular formula is C20H22N6O5. The zero-order valence-corrected chi connectivity index (χ0v) is 17.2. The molecule has 0 spiro atoms. The Kier molecular flexibility index (Phi) is 5.09. The highest BCUT2D eigenvalue weighted by Crippen LogP contribution is 2.31. The first-order valence-corrected chi connectivity index (χ1v) is 9.86. The third-order valence-electron chi connectivity index (χ3n) is 5.22. The smallest absolute Gasteiger partial charge is 0.338 e. The molecule has 2 N–H and O–H groups in total. The van der Waals surface area contributed by atoms with Crippen LogP contribution in [-0.4, -0.2) is 43.7 Å². The normalized spacial score (nSPS) is 13.3. The van der Waals surface area contributed by atoms with Crippen molar-refractivity contribution in [3.8, 4) is 0 Å². The number of hydrogen-bond donors (Lipinski definition) is 1. The van der Waals surface area contributed by atoms with Crippen molar-refractivity contribution in [2.45, 2.75) is 26.4 Å². The summed E-state index contributed by atoms with van der Waals surface area (Å²) in [5, 5.41) is 0. The molecule has 2 aromatic heterocycles. The van der Waals surface area contributed by atoms with Crippen molar-refractivity contribution < 1.29 is 14.3 Å². The summed E-state index contributed by atoms with van der Waals surface area (Å²) in [6.07, 6.45) is 0.732. The lowest BCUT2D eigenvalue weighted by Crippen LogP contribution is -2.42. The molecule has 0 atom stereocenters. The number of nitrogens with two attached hydrogens (primary N) is 1. The lowest BCUT2D eigenvalue weighted by molar-refractivity contribution is -0.118. The number of aryl methyl sites for hydroxylation is 2. The van der Waals surface area contributed by atoms with Gasteiger partial charge in [-0.25, -0.2) is 14.2 Å². The lowest BCUT2D eigenvalue weighted by Gasteiger charge is -2.29. The number of nitrogens with zero attached hydrogens (tertiary/aromatic N) is 5. The van der Waals surface area contributed by atoms with Crippen LogP contribution in [0.25, 0.3) is 11.2 Å². The number of fused-ring (bicyclic) bond motifs is 3. The number of rotatable bonds is 5. The maximum atomic E-state index is 13.0. The van der Waals surface area contributed by atoms with Gasteiger partial charge in [-0.1, -0.05) is 0 Å². The number of benzene rings is 1. The van der Waals surface area contributed by atoms with Crippen LogP contribution in [-0.2, 0) is 29.7 Å². The van der Waals surface area contributed by atoms with E-state index in [9.17, 15) is 19.2 Å². The van der Waals surface area contributed by atoms with E-state index in [-0.39, 0.29) is 11.2 Å². The Hall–Kier alpha value is -3.89. The topological polar surface area (TPSA) is 134 Å². The van der Waals surface area contributed by atoms with E-state index in [0.29, 0.717) is 31.2 Å². The van der Waals surface area contributed by atoms with Crippen LogP contribution in [0.15, 0.2) is 33.9 Å². The number of aromatic nitrogens is 4. The Balaban J connectivity index is 1.83. The largest absolute Gasteiger partial charge is 0.462 e. The molecule has 11 heteroatoms. The maximum Gasteiger partial charge on any atom is 0.338 e. The van der Waals surface area contributed by atoms with Gasteiger partial charge in [0.25, 0.3) is 5.56 Å². The molecule has 31 heavy (non-hydrogen) atoms. The fourth-order valence-electron chi connectivity index (χ4n) is 3.80. The Morgan fingerprint density at radius 1 is 1.16 bits per heavy atom. The maximum absolute atomic E-state index is 13.0. The molecule has 3 aromatic rings. The SMILES string of the molecule is CCOC(=O)c1ccc(N2CCCn3c2nc2c3c(=O)n(CC(N)=O)c(=O)n2C)cc1. The highest BCUT2D eigenvalue weighted by atomic mass is 16.5. The second kappa shape index (κ2) is 7.74. The quantitative estimate of drug-likeness (QED) is 0.572. The third kappa shape index (κ3) is 3.37. The molecule has 0 radical (unpaired) electrons. The number of primary amides is 1. The van der Waals surface area contributed by atoms with Gasteiger partial charge in [0.2, 0.25) is 11.9 Å². The first kappa shape index (κ1) is 20.4. The number of esters is 1. The first-order valence-electron chi connectivity index (χ1n) is 9.86. The van der Waals surface area contributed by atoms with E-state index in [2.05, 4.69) is 4.98 Å². The summed E-state index contributed by atoms with van der Waals surface area (Å²) >= 11 is 0. The van der Waals surface area contributed by atoms with Gasteiger partial charge in [-0.3, -0.25) is 14.2 Å². The van der Waals surface area contributed by atoms with Crippen molar-refractivity contribution in [1.29, 1.82) is 0 Å². The number of ether oxygens (including phenoxy) is 1. The molecule has 3 heterocycles. The summed E-state index contributed by atoms with van der Waals surface area (Å²) in [7, 11) is 1.50. The summed E-state index contributed by atoms with van der Waals surface area (Å²) < 4.78 is 8.83. The van der Waals surface area contributed by atoms with Crippen LogP contribution < -0.4 is 21.9 Å². The van der Waals surface area contributed by atoms with Crippen LogP contribution in [0.5, 0.6) is 0 Å². The molecule has 4 rings (SSSR count). The van der Waals surface area contributed by atoms with Gasteiger partial charge in [-0.2, -0.15) is 4.98 Å². The molecule has 0 saturated heterocycles. The minimum absolute atomic E-state index is 0.237. The number of anilines is 2. The second-order valence-electron chi connectivity index (χ2n) is 7.21. The van der Waals surface area contributed by atoms with Crippen molar-refractivity contribution in [1.82, 2.24) is 18.7 Å². The standard InChI is InChI=1S/C20H22N6O5/c1-3-31-18(29)12-5-7-13(8-6-12)24-9-4-10-25-15-16(22-19(24)25)23(2)20(30)26(17(15)28)11-14(21)27/h5-8H,3-4,9-11H2,1-2H3,(H2,21,27). The van der Waals surface area contributed by atoms with Gasteiger partial charge < -0.3 is 19.9 Å². The predicted octanol–water partition coefficient (Wildman–Crippen LogP) is 0.101. The first-order chi connectivity index (χ1) is 14.8. The number of carbonyl (C=O) groups is 2. The van der Waals surface area contributed by atoms with Crippen LogP contribution in [0.1, 0.15) is 23.7 Å². The predicted molar refractivity (Wildman–Crippen MR) is 112 cm³/mol. The molecular weight excluding hydrogens is 404 g/mol.